The molecule has 0 amide bonds. The quantitative estimate of drug-likeness (QED) is 0.130. The van der Waals surface area contributed by atoms with Crippen molar-refractivity contribution in [2.24, 2.45) is 34.5 Å². The smallest absolute Gasteiger partial charge is 0.392 e. The Morgan fingerprint density at radius 2 is 0.782 bits per heavy atom. The Morgan fingerprint density at radius 1 is 0.491 bits per heavy atom. The van der Waals surface area contributed by atoms with E-state index in [9.17, 15) is 10.2 Å². The Bertz CT molecular complexity index is 1450. The molecular formula is C50H68O4Zr. The average molecular weight is 824 g/mol. The third kappa shape index (κ3) is 15.3. The van der Waals surface area contributed by atoms with E-state index < -0.39 is 12.2 Å². The van der Waals surface area contributed by atoms with Crippen molar-refractivity contribution in [3.63, 3.8) is 0 Å². The predicted molar refractivity (Wildman–Crippen MR) is 225 cm³/mol. The summed E-state index contributed by atoms with van der Waals surface area (Å²) in [6.07, 6.45) is 3.19. The van der Waals surface area contributed by atoms with Gasteiger partial charge in [-0.25, -0.2) is 0 Å². The molecule has 0 radical (unpaired) electrons. The number of hydrogen-bond acceptors (Lipinski definition) is 4. The van der Waals surface area contributed by atoms with Crippen molar-refractivity contribution < 1.29 is 45.9 Å². The second kappa shape index (κ2) is 22.9. The summed E-state index contributed by atoms with van der Waals surface area (Å²) in [5.74, 6) is 1.58. The fraction of sp³-hybridized carbons (Fsp3) is 0.480. The summed E-state index contributed by atoms with van der Waals surface area (Å²) >= 11 is 0. The normalized spacial score (nSPS) is 25.2. The molecule has 0 bridgehead atoms. The van der Waals surface area contributed by atoms with Gasteiger partial charge in [-0.3, -0.25) is 0 Å². The van der Waals surface area contributed by atoms with Gasteiger partial charge in [-0.05, 0) is 59.5 Å². The molecule has 6 rings (SSSR count). The molecule has 2 fully saturated rings. The summed E-state index contributed by atoms with van der Waals surface area (Å²) in [4.78, 5) is 0. The van der Waals surface area contributed by atoms with Crippen molar-refractivity contribution in [3.8, 4) is 0 Å². The molecular weight excluding hydrogens is 756 g/mol. The molecule has 4 aromatic carbocycles. The zero-order chi connectivity index (χ0) is 39.1. The number of rotatable bonds is 9. The zero-order valence-corrected chi connectivity index (χ0v) is 36.9. The van der Waals surface area contributed by atoms with Crippen LogP contribution in [0.5, 0.6) is 0 Å². The van der Waals surface area contributed by atoms with Gasteiger partial charge in [-0.15, -0.1) is 24.3 Å². The number of aliphatic hydroxyl groups is 2. The summed E-state index contributed by atoms with van der Waals surface area (Å²) < 4.78 is 12.2. The number of ether oxygens (including phenoxy) is 2. The Kier molecular flexibility index (Phi) is 19.5. The van der Waals surface area contributed by atoms with Gasteiger partial charge >= 0.3 is 26.2 Å². The predicted octanol–water partition coefficient (Wildman–Crippen LogP) is 11.2. The van der Waals surface area contributed by atoms with Gasteiger partial charge in [0.25, 0.3) is 0 Å². The fourth-order valence-corrected chi connectivity index (χ4v) is 8.11. The largest absolute Gasteiger partial charge is 2.00 e. The minimum Gasteiger partial charge on any atom is -0.392 e. The van der Waals surface area contributed by atoms with E-state index in [-0.39, 0.29) is 60.7 Å². The topological polar surface area (TPSA) is 58.9 Å². The molecule has 5 heteroatoms. The molecule has 0 saturated heterocycles. The molecule has 0 heterocycles. The van der Waals surface area contributed by atoms with E-state index in [1.807, 2.05) is 72.8 Å². The Labute approximate surface area is 353 Å². The first-order valence-electron chi connectivity index (χ1n) is 20.1. The molecule has 0 aliphatic heterocycles. The van der Waals surface area contributed by atoms with Crippen molar-refractivity contribution in [2.45, 2.75) is 91.3 Å². The van der Waals surface area contributed by atoms with E-state index in [4.69, 9.17) is 9.47 Å². The van der Waals surface area contributed by atoms with Crippen LogP contribution in [0.2, 0.25) is 0 Å². The van der Waals surface area contributed by atoms with Crippen LogP contribution in [0.15, 0.2) is 121 Å². The minimum atomic E-state index is -0.399. The fourth-order valence-electron chi connectivity index (χ4n) is 8.11. The molecule has 4 nitrogen and oxygen atoms in total. The number of aliphatic hydroxyl groups excluding tert-OH is 2. The van der Waals surface area contributed by atoms with E-state index in [1.54, 1.807) is 0 Å². The Balaban J connectivity index is 0.000000450. The van der Waals surface area contributed by atoms with Gasteiger partial charge in [0.05, 0.1) is 38.6 Å². The van der Waals surface area contributed by atoms with E-state index >= 15 is 0 Å². The summed E-state index contributed by atoms with van der Waals surface area (Å²) in [5, 5.41) is 22.7. The van der Waals surface area contributed by atoms with Crippen LogP contribution in [-0.2, 0) is 35.7 Å². The average Bonchev–Trinajstić information content (AvgIpc) is 3.15. The van der Waals surface area contributed by atoms with Crippen LogP contribution in [0, 0.1) is 48.3 Å². The van der Waals surface area contributed by atoms with Crippen LogP contribution in [0.4, 0.5) is 0 Å². The maximum absolute atomic E-state index is 11.3. The van der Waals surface area contributed by atoms with Crippen LogP contribution >= 0.6 is 0 Å². The second-order valence-electron chi connectivity index (χ2n) is 17.7. The molecule has 2 aliphatic rings. The van der Waals surface area contributed by atoms with Crippen molar-refractivity contribution in [2.75, 3.05) is 26.4 Å². The molecule has 2 N–H and O–H groups in total. The third-order valence-electron chi connectivity index (χ3n) is 11.7. The monoisotopic (exact) mass is 822 g/mol. The van der Waals surface area contributed by atoms with Crippen LogP contribution in [-0.4, -0.2) is 48.8 Å². The molecule has 296 valence electrons. The van der Waals surface area contributed by atoms with Gasteiger partial charge < -0.3 is 19.7 Å². The van der Waals surface area contributed by atoms with Gasteiger partial charge in [0, 0.05) is 23.7 Å². The molecule has 55 heavy (non-hydrogen) atoms. The summed E-state index contributed by atoms with van der Waals surface area (Å²) in [5.41, 5.74) is 4.98. The van der Waals surface area contributed by atoms with Gasteiger partial charge in [0.2, 0.25) is 0 Å². The minimum absolute atomic E-state index is 0. The molecule has 4 aromatic rings. The van der Waals surface area contributed by atoms with Gasteiger partial charge in [0.1, 0.15) is 0 Å². The molecule has 8 unspecified atom stereocenters. The molecule has 8 atom stereocenters. The van der Waals surface area contributed by atoms with Crippen molar-refractivity contribution >= 4 is 0 Å². The first-order valence-corrected chi connectivity index (χ1v) is 20.1. The first-order chi connectivity index (χ1) is 25.7. The second-order valence-corrected chi connectivity index (χ2v) is 17.7. The van der Waals surface area contributed by atoms with Crippen LogP contribution in [0.25, 0.3) is 0 Å². The molecule has 2 aliphatic carbocycles. The van der Waals surface area contributed by atoms with E-state index in [2.05, 4.69) is 104 Å². The molecule has 0 aromatic heterocycles. The number of hydrogen-bond donors (Lipinski definition) is 2. The SMILES string of the molecule is CC(C)(C)C1CC(COCCOCC2CC(C(C)(C)C)CC(c3ccccc3)C2O)C(O)C(c2ccccc2)C1.[CH2-]c1ccccc1.[CH2-]c1ccccc1.[Zr+2]. The Hall–Kier alpha value is -2.66. The zero-order valence-electron chi connectivity index (χ0n) is 34.4. The van der Waals surface area contributed by atoms with Crippen molar-refractivity contribution in [1.82, 2.24) is 0 Å². The van der Waals surface area contributed by atoms with Crippen molar-refractivity contribution in [3.05, 3.63) is 157 Å². The molecule has 2 saturated carbocycles. The van der Waals surface area contributed by atoms with Crippen LogP contribution in [0.3, 0.4) is 0 Å². The van der Waals surface area contributed by atoms with E-state index in [0.717, 1.165) is 36.8 Å². The van der Waals surface area contributed by atoms with Gasteiger partial charge in [0.15, 0.2) is 0 Å². The van der Waals surface area contributed by atoms with Gasteiger partial charge in [-0.2, -0.15) is 49.2 Å². The number of benzene rings is 4. The van der Waals surface area contributed by atoms with Crippen LogP contribution < -0.4 is 0 Å². The van der Waals surface area contributed by atoms with Crippen LogP contribution in [0.1, 0.15) is 101 Å². The van der Waals surface area contributed by atoms with E-state index in [1.165, 1.54) is 11.1 Å². The molecule has 0 spiro atoms. The van der Waals surface area contributed by atoms with Gasteiger partial charge in [-0.1, -0.05) is 114 Å². The maximum Gasteiger partial charge on any atom is 2.00 e. The third-order valence-corrected chi connectivity index (χ3v) is 11.7. The summed E-state index contributed by atoms with van der Waals surface area (Å²) in [6, 6.07) is 40.7. The maximum atomic E-state index is 11.3. The summed E-state index contributed by atoms with van der Waals surface area (Å²) in [6.45, 7) is 23.4. The standard InChI is InChI=1S/C36H54O4.2C7H7.Zr/c1-35(2,3)29-19-27(33(37)31(21-29)25-13-9-7-10-14-25)23-39-17-18-40-24-28-20-30(36(4,5)6)22-32(34(28)38)26-15-11-8-12-16-26;2*1-7-5-3-2-4-6-7;/h7-16,27-34,37-38H,17-24H2,1-6H3;2*2-6H,1H2;/q;2*-1;+2. The van der Waals surface area contributed by atoms with E-state index in [0.29, 0.717) is 38.3 Å². The van der Waals surface area contributed by atoms with Crippen molar-refractivity contribution in [1.29, 1.82) is 0 Å². The summed E-state index contributed by atoms with van der Waals surface area (Å²) in [7, 11) is 0. The Morgan fingerprint density at radius 3 is 1.04 bits per heavy atom. The first kappa shape index (κ1) is 46.7.